The average Bonchev–Trinajstić information content (AvgIpc) is 3.12. The molecule has 0 aromatic rings. The van der Waals surface area contributed by atoms with Gasteiger partial charge in [-0.15, -0.1) is 0 Å². The van der Waals surface area contributed by atoms with Crippen LogP contribution in [0.3, 0.4) is 0 Å². The van der Waals surface area contributed by atoms with Crippen molar-refractivity contribution in [1.29, 1.82) is 0 Å². The van der Waals surface area contributed by atoms with Crippen LogP contribution < -0.4 is 11.1 Å². The third kappa shape index (κ3) is 6.00. The van der Waals surface area contributed by atoms with Crippen LogP contribution in [0.1, 0.15) is 26.2 Å². The number of amides is 1. The van der Waals surface area contributed by atoms with Crippen LogP contribution in [0.25, 0.3) is 0 Å². The van der Waals surface area contributed by atoms with Gasteiger partial charge in [-0.3, -0.25) is 4.79 Å². The first-order chi connectivity index (χ1) is 8.17. The van der Waals surface area contributed by atoms with Crippen molar-refractivity contribution >= 4 is 5.91 Å². The number of nitrogens with one attached hydrogen (secondary N) is 1. The highest BCUT2D eigenvalue weighted by molar-refractivity contribution is 5.76. The first-order valence-electron chi connectivity index (χ1n) is 6.46. The Labute approximate surface area is 104 Å². The van der Waals surface area contributed by atoms with Crippen LogP contribution >= 0.6 is 0 Å². The quantitative estimate of drug-likeness (QED) is 0.596. The molecule has 1 rings (SSSR count). The van der Waals surface area contributed by atoms with Crippen LogP contribution in [0, 0.1) is 0 Å². The molecule has 0 bridgehead atoms. The van der Waals surface area contributed by atoms with E-state index in [1.54, 1.807) is 0 Å². The lowest BCUT2D eigenvalue weighted by Gasteiger charge is -2.17. The smallest absolute Gasteiger partial charge is 0.222 e. The number of carbonyl (C=O) groups is 1. The molecule has 0 spiro atoms. The Kier molecular flexibility index (Phi) is 6.47. The fourth-order valence-electron chi connectivity index (χ4n) is 1.79. The minimum Gasteiger partial charge on any atom is -0.377 e. The number of hydrogen-bond donors (Lipinski definition) is 2. The van der Waals surface area contributed by atoms with Crippen LogP contribution in [-0.4, -0.2) is 56.2 Å². The van der Waals surface area contributed by atoms with Gasteiger partial charge in [0.05, 0.1) is 12.5 Å². The van der Waals surface area contributed by atoms with E-state index in [4.69, 9.17) is 10.5 Å². The molecule has 1 aliphatic rings. The van der Waals surface area contributed by atoms with Crippen molar-refractivity contribution < 1.29 is 9.53 Å². The Morgan fingerprint density at radius 3 is 2.82 bits per heavy atom. The van der Waals surface area contributed by atoms with Crippen molar-refractivity contribution in [2.24, 2.45) is 5.73 Å². The second kappa shape index (κ2) is 7.63. The molecule has 17 heavy (non-hydrogen) atoms. The molecule has 3 N–H and O–H groups in total. The van der Waals surface area contributed by atoms with E-state index < -0.39 is 0 Å². The zero-order chi connectivity index (χ0) is 12.7. The van der Waals surface area contributed by atoms with Gasteiger partial charge < -0.3 is 20.7 Å². The Morgan fingerprint density at radius 1 is 1.59 bits per heavy atom. The van der Waals surface area contributed by atoms with Gasteiger partial charge in [-0.2, -0.15) is 0 Å². The van der Waals surface area contributed by atoms with Gasteiger partial charge in [0.25, 0.3) is 0 Å². The second-order valence-electron chi connectivity index (χ2n) is 4.58. The maximum absolute atomic E-state index is 11.6. The number of nitrogens with zero attached hydrogens (tertiary/aromatic N) is 1. The molecule has 5 nitrogen and oxygen atoms in total. The molecule has 0 radical (unpaired) electrons. The van der Waals surface area contributed by atoms with E-state index in [2.05, 4.69) is 17.3 Å². The van der Waals surface area contributed by atoms with Crippen molar-refractivity contribution in [2.45, 2.75) is 38.3 Å². The summed E-state index contributed by atoms with van der Waals surface area (Å²) in [6, 6.07) is 0.743. The van der Waals surface area contributed by atoms with Crippen LogP contribution in [0.5, 0.6) is 0 Å². The van der Waals surface area contributed by atoms with Gasteiger partial charge in [0.1, 0.15) is 0 Å². The third-order valence-corrected chi connectivity index (χ3v) is 3.04. The molecule has 0 aliphatic heterocycles. The first-order valence-corrected chi connectivity index (χ1v) is 6.46. The number of ether oxygens (including phenoxy) is 1. The average molecular weight is 243 g/mol. The molecule has 1 unspecified atom stereocenters. The summed E-state index contributed by atoms with van der Waals surface area (Å²) in [6.07, 6.45) is 2.80. The first kappa shape index (κ1) is 14.4. The Balaban J connectivity index is 2.06. The van der Waals surface area contributed by atoms with Crippen LogP contribution in [0.15, 0.2) is 0 Å². The number of likely N-dealkylation sites (N-methyl/N-ethyl adjacent to an activating group) is 1. The topological polar surface area (TPSA) is 67.6 Å². The number of carbonyl (C=O) groups excluding carboxylic acids is 1. The normalized spacial score (nSPS) is 17.2. The lowest BCUT2D eigenvalue weighted by atomic mass is 10.2. The molecule has 1 saturated carbocycles. The molecule has 1 amide bonds. The Hall–Kier alpha value is -0.650. The van der Waals surface area contributed by atoms with E-state index >= 15 is 0 Å². The summed E-state index contributed by atoms with van der Waals surface area (Å²) in [4.78, 5) is 13.9. The summed E-state index contributed by atoms with van der Waals surface area (Å²) in [5.41, 5.74) is 5.52. The van der Waals surface area contributed by atoms with Crippen molar-refractivity contribution in [2.75, 3.05) is 33.3 Å². The van der Waals surface area contributed by atoms with Crippen molar-refractivity contribution in [1.82, 2.24) is 10.2 Å². The number of nitrogens with two attached hydrogens (primary N) is 1. The van der Waals surface area contributed by atoms with Crippen LogP contribution in [-0.2, 0) is 9.53 Å². The zero-order valence-electron chi connectivity index (χ0n) is 10.9. The molecule has 0 aromatic carbocycles. The van der Waals surface area contributed by atoms with E-state index in [1.165, 1.54) is 12.8 Å². The summed E-state index contributed by atoms with van der Waals surface area (Å²) < 4.78 is 5.34. The zero-order valence-corrected chi connectivity index (χ0v) is 10.9. The van der Waals surface area contributed by atoms with Gasteiger partial charge in [0.2, 0.25) is 5.91 Å². The van der Waals surface area contributed by atoms with E-state index in [0.29, 0.717) is 26.1 Å². The molecule has 0 aromatic heterocycles. The molecule has 0 saturated heterocycles. The van der Waals surface area contributed by atoms with Crippen LogP contribution in [0.2, 0.25) is 0 Å². The largest absolute Gasteiger partial charge is 0.377 e. The van der Waals surface area contributed by atoms with Gasteiger partial charge in [-0.1, -0.05) is 0 Å². The van der Waals surface area contributed by atoms with Crippen LogP contribution in [0.4, 0.5) is 0 Å². The molecule has 1 atom stereocenters. The Morgan fingerprint density at radius 2 is 2.29 bits per heavy atom. The molecule has 0 heterocycles. The van der Waals surface area contributed by atoms with Gasteiger partial charge >= 0.3 is 0 Å². The van der Waals surface area contributed by atoms with Gasteiger partial charge in [0.15, 0.2) is 0 Å². The van der Waals surface area contributed by atoms with Gasteiger partial charge in [-0.05, 0) is 26.8 Å². The second-order valence-corrected chi connectivity index (χ2v) is 4.58. The maximum Gasteiger partial charge on any atom is 0.222 e. The molecule has 100 valence electrons. The lowest BCUT2D eigenvalue weighted by molar-refractivity contribution is -0.123. The van der Waals surface area contributed by atoms with Crippen molar-refractivity contribution in [3.05, 3.63) is 0 Å². The summed E-state index contributed by atoms with van der Waals surface area (Å²) in [6.45, 7) is 4.52. The molecular weight excluding hydrogens is 218 g/mol. The molecule has 5 heteroatoms. The van der Waals surface area contributed by atoms with Crippen molar-refractivity contribution in [3.8, 4) is 0 Å². The molecular formula is C12H25N3O2. The minimum atomic E-state index is -0.152. The highest BCUT2D eigenvalue weighted by Gasteiger charge is 2.25. The van der Waals surface area contributed by atoms with E-state index in [9.17, 15) is 4.79 Å². The number of hydrogen-bond acceptors (Lipinski definition) is 4. The van der Waals surface area contributed by atoms with Gasteiger partial charge in [-0.25, -0.2) is 0 Å². The molecule has 1 aliphatic carbocycles. The minimum absolute atomic E-state index is 0.0260. The monoisotopic (exact) mass is 243 g/mol. The SMILES string of the molecule is CCOC(CN)CC(=O)NCCN(C)C1CC1. The summed E-state index contributed by atoms with van der Waals surface area (Å²) in [7, 11) is 2.10. The Bertz CT molecular complexity index is 232. The predicted octanol–water partition coefficient (Wildman–Crippen LogP) is -0.0493. The van der Waals surface area contributed by atoms with E-state index in [1.807, 2.05) is 6.92 Å². The molecule has 1 fully saturated rings. The standard InChI is InChI=1S/C12H25N3O2/c1-3-17-11(9-13)8-12(16)14-6-7-15(2)10-4-5-10/h10-11H,3-9,13H2,1-2H3,(H,14,16). The fourth-order valence-corrected chi connectivity index (χ4v) is 1.79. The summed E-state index contributed by atoms with van der Waals surface area (Å²) >= 11 is 0. The van der Waals surface area contributed by atoms with Gasteiger partial charge in [0, 0.05) is 32.3 Å². The summed E-state index contributed by atoms with van der Waals surface area (Å²) in [5.74, 6) is 0.0260. The number of rotatable bonds is 9. The lowest BCUT2D eigenvalue weighted by Crippen LogP contribution is -2.37. The van der Waals surface area contributed by atoms with Crippen molar-refractivity contribution in [3.63, 3.8) is 0 Å². The summed E-state index contributed by atoms with van der Waals surface area (Å²) in [5, 5.41) is 2.90. The maximum atomic E-state index is 11.6. The highest BCUT2D eigenvalue weighted by atomic mass is 16.5. The third-order valence-electron chi connectivity index (χ3n) is 3.04. The highest BCUT2D eigenvalue weighted by Crippen LogP contribution is 2.24. The van der Waals surface area contributed by atoms with E-state index in [-0.39, 0.29) is 12.0 Å². The van der Waals surface area contributed by atoms with E-state index in [0.717, 1.165) is 12.6 Å². The predicted molar refractivity (Wildman–Crippen MR) is 67.7 cm³/mol. The fraction of sp³-hybridized carbons (Fsp3) is 0.917.